The van der Waals surface area contributed by atoms with E-state index in [0.717, 1.165) is 17.0 Å². The number of carbonyl (C=O) groups excluding carboxylic acids is 1. The predicted molar refractivity (Wildman–Crippen MR) is 101 cm³/mol. The highest BCUT2D eigenvalue weighted by atomic mass is 32.2. The van der Waals surface area contributed by atoms with Crippen molar-refractivity contribution in [2.45, 2.75) is 29.4 Å². The minimum absolute atomic E-state index is 0.00633. The molecule has 0 saturated carbocycles. The Balaban J connectivity index is 1.55. The number of likely N-dealkylation sites (tertiary alicyclic amines) is 1. The zero-order chi connectivity index (χ0) is 18.1. The fourth-order valence-electron chi connectivity index (χ4n) is 4.59. The van der Waals surface area contributed by atoms with Gasteiger partial charge in [0.25, 0.3) is 0 Å². The number of hydrogen-bond donors (Lipinski definition) is 2. The van der Waals surface area contributed by atoms with Crippen molar-refractivity contribution in [2.24, 2.45) is 11.8 Å². The topological polar surface area (TPSA) is 71.0 Å². The molecular formula is C19H26N2O4S. The van der Waals surface area contributed by atoms with Crippen LogP contribution in [-0.2, 0) is 9.47 Å². The van der Waals surface area contributed by atoms with Crippen LogP contribution in [0.3, 0.4) is 0 Å². The van der Waals surface area contributed by atoms with Gasteiger partial charge < -0.3 is 24.8 Å². The fraction of sp³-hybridized carbons (Fsp3) is 0.632. The molecular weight excluding hydrogens is 352 g/mol. The van der Waals surface area contributed by atoms with Crippen LogP contribution in [0.15, 0.2) is 29.2 Å². The molecule has 0 aromatic heterocycles. The number of anilines is 1. The van der Waals surface area contributed by atoms with Crippen LogP contribution in [0.25, 0.3) is 0 Å². The summed E-state index contributed by atoms with van der Waals surface area (Å²) in [5, 5.41) is 14.4. The number of benzene rings is 1. The van der Waals surface area contributed by atoms with Crippen molar-refractivity contribution in [3.63, 3.8) is 0 Å². The summed E-state index contributed by atoms with van der Waals surface area (Å²) >= 11 is 1.65. The van der Waals surface area contributed by atoms with Crippen LogP contribution in [0, 0.1) is 11.8 Å². The van der Waals surface area contributed by atoms with Gasteiger partial charge in [-0.15, -0.1) is 11.8 Å². The zero-order valence-electron chi connectivity index (χ0n) is 15.0. The third kappa shape index (κ3) is 3.22. The van der Waals surface area contributed by atoms with Gasteiger partial charge >= 0.3 is 6.03 Å². The van der Waals surface area contributed by atoms with E-state index in [9.17, 15) is 9.90 Å². The summed E-state index contributed by atoms with van der Waals surface area (Å²) in [5.74, 6) is -0.121. The highest BCUT2D eigenvalue weighted by Crippen LogP contribution is 2.44. The summed E-state index contributed by atoms with van der Waals surface area (Å²) in [4.78, 5) is 16.1. The molecule has 3 saturated heterocycles. The minimum Gasteiger partial charge on any atom is -0.389 e. The second kappa shape index (κ2) is 7.38. The molecule has 2 N–H and O–H groups in total. The summed E-state index contributed by atoms with van der Waals surface area (Å²) < 4.78 is 11.3. The Morgan fingerprint density at radius 1 is 1.35 bits per heavy atom. The molecule has 3 aliphatic rings. The van der Waals surface area contributed by atoms with Gasteiger partial charge in [-0.2, -0.15) is 0 Å². The molecule has 1 aromatic carbocycles. The second-order valence-corrected chi connectivity index (χ2v) is 8.24. The van der Waals surface area contributed by atoms with E-state index in [4.69, 9.17) is 9.47 Å². The Morgan fingerprint density at radius 2 is 2.19 bits per heavy atom. The Labute approximate surface area is 158 Å². The average molecular weight is 378 g/mol. The van der Waals surface area contributed by atoms with E-state index in [1.807, 2.05) is 35.4 Å². The summed E-state index contributed by atoms with van der Waals surface area (Å²) in [6.07, 6.45) is 3.40. The van der Waals surface area contributed by atoms with Crippen LogP contribution in [0.4, 0.5) is 10.5 Å². The van der Waals surface area contributed by atoms with Crippen LogP contribution in [0.2, 0.25) is 0 Å². The maximum Gasteiger partial charge on any atom is 0.322 e. The van der Waals surface area contributed by atoms with Gasteiger partial charge in [0.05, 0.1) is 18.8 Å². The lowest BCUT2D eigenvalue weighted by molar-refractivity contribution is -0.211. The van der Waals surface area contributed by atoms with Gasteiger partial charge in [0.1, 0.15) is 0 Å². The highest BCUT2D eigenvalue weighted by Gasteiger charge is 2.56. The molecule has 0 aliphatic carbocycles. The molecule has 7 heteroatoms. The Morgan fingerprint density at radius 3 is 3.04 bits per heavy atom. The van der Waals surface area contributed by atoms with E-state index in [0.29, 0.717) is 39.4 Å². The Hall–Kier alpha value is -1.28. The molecule has 0 bridgehead atoms. The summed E-state index contributed by atoms with van der Waals surface area (Å²) in [6, 6.07) is 7.76. The van der Waals surface area contributed by atoms with Crippen molar-refractivity contribution in [1.29, 1.82) is 0 Å². The number of ether oxygens (including phenoxy) is 2. The SMILES string of the molecule is CSc1cccc(NC(=O)N2C[C@@H]3COCC[C@]3(O)[C@H]3COCC[C@H]32)c1. The lowest BCUT2D eigenvalue weighted by atomic mass is 9.66. The number of fused-ring (bicyclic) bond motifs is 3. The first kappa shape index (κ1) is 18.1. The number of carbonyl (C=O) groups is 1. The van der Waals surface area contributed by atoms with Crippen molar-refractivity contribution in [3.8, 4) is 0 Å². The van der Waals surface area contributed by atoms with Crippen molar-refractivity contribution in [3.05, 3.63) is 24.3 Å². The summed E-state index contributed by atoms with van der Waals surface area (Å²) in [5.41, 5.74) is 0.00462. The van der Waals surface area contributed by atoms with Crippen LogP contribution in [0.5, 0.6) is 0 Å². The number of piperidine rings is 1. The van der Waals surface area contributed by atoms with Gasteiger partial charge in [0, 0.05) is 54.6 Å². The molecule has 0 spiro atoms. The van der Waals surface area contributed by atoms with E-state index in [2.05, 4.69) is 5.32 Å². The van der Waals surface area contributed by atoms with E-state index >= 15 is 0 Å². The van der Waals surface area contributed by atoms with Crippen LogP contribution >= 0.6 is 11.8 Å². The molecule has 3 fully saturated rings. The lowest BCUT2D eigenvalue weighted by Gasteiger charge is -2.56. The quantitative estimate of drug-likeness (QED) is 0.774. The van der Waals surface area contributed by atoms with E-state index < -0.39 is 5.60 Å². The fourth-order valence-corrected chi connectivity index (χ4v) is 5.05. The summed E-state index contributed by atoms with van der Waals surface area (Å²) in [7, 11) is 0. The number of nitrogens with one attached hydrogen (secondary N) is 1. The van der Waals surface area contributed by atoms with E-state index in [-0.39, 0.29) is 23.9 Å². The molecule has 142 valence electrons. The first-order valence-electron chi connectivity index (χ1n) is 9.21. The van der Waals surface area contributed by atoms with E-state index in [1.54, 1.807) is 11.8 Å². The van der Waals surface area contributed by atoms with Crippen molar-refractivity contribution in [1.82, 2.24) is 4.90 Å². The molecule has 1 aromatic rings. The largest absolute Gasteiger partial charge is 0.389 e. The monoisotopic (exact) mass is 378 g/mol. The Kier molecular flexibility index (Phi) is 5.14. The zero-order valence-corrected chi connectivity index (χ0v) is 15.8. The van der Waals surface area contributed by atoms with Crippen molar-refractivity contribution in [2.75, 3.05) is 44.5 Å². The number of thioether (sulfide) groups is 1. The van der Waals surface area contributed by atoms with Gasteiger partial charge in [-0.3, -0.25) is 0 Å². The predicted octanol–water partition coefficient (Wildman–Crippen LogP) is 2.43. The van der Waals surface area contributed by atoms with Gasteiger partial charge in [0.2, 0.25) is 0 Å². The average Bonchev–Trinajstić information content (AvgIpc) is 2.67. The van der Waals surface area contributed by atoms with Gasteiger partial charge in [-0.25, -0.2) is 4.79 Å². The number of aliphatic hydroxyl groups is 1. The van der Waals surface area contributed by atoms with Gasteiger partial charge in [-0.1, -0.05) is 6.07 Å². The third-order valence-electron chi connectivity index (χ3n) is 6.03. The number of rotatable bonds is 2. The number of nitrogens with zero attached hydrogens (tertiary/aromatic N) is 1. The molecule has 4 rings (SSSR count). The lowest BCUT2D eigenvalue weighted by Crippen LogP contribution is -2.69. The molecule has 6 nitrogen and oxygen atoms in total. The molecule has 3 aliphatic heterocycles. The van der Waals surface area contributed by atoms with Gasteiger partial charge in [-0.05, 0) is 30.9 Å². The van der Waals surface area contributed by atoms with Gasteiger partial charge in [0.15, 0.2) is 0 Å². The molecule has 2 amide bonds. The van der Waals surface area contributed by atoms with Crippen molar-refractivity contribution >= 4 is 23.5 Å². The third-order valence-corrected chi connectivity index (χ3v) is 6.76. The van der Waals surface area contributed by atoms with E-state index in [1.165, 1.54) is 0 Å². The molecule has 26 heavy (non-hydrogen) atoms. The number of urea groups is 1. The minimum atomic E-state index is -0.793. The number of amides is 2. The highest BCUT2D eigenvalue weighted by molar-refractivity contribution is 7.98. The maximum atomic E-state index is 13.0. The maximum absolute atomic E-state index is 13.0. The molecule has 4 atom stereocenters. The molecule has 3 heterocycles. The smallest absolute Gasteiger partial charge is 0.322 e. The molecule has 0 radical (unpaired) electrons. The first-order chi connectivity index (χ1) is 12.6. The molecule has 0 unspecified atom stereocenters. The van der Waals surface area contributed by atoms with Crippen molar-refractivity contribution < 1.29 is 19.4 Å². The Bertz CT molecular complexity index is 673. The van der Waals surface area contributed by atoms with Crippen LogP contribution in [-0.4, -0.2) is 66.9 Å². The van der Waals surface area contributed by atoms with Crippen LogP contribution < -0.4 is 5.32 Å². The second-order valence-electron chi connectivity index (χ2n) is 7.36. The first-order valence-corrected chi connectivity index (χ1v) is 10.4. The normalized spacial score (nSPS) is 33.9. The number of hydrogen-bond acceptors (Lipinski definition) is 5. The standard InChI is InChI=1S/C19H26N2O4S/c1-26-15-4-2-3-14(9-15)20-18(22)21-10-13-11-25-8-6-19(13,23)16-12-24-7-5-17(16)21/h2-4,9,13,16-17,23H,5-8,10-12H2,1H3,(H,20,22)/t13-,16+,17-,19-/m1/s1. The van der Waals surface area contributed by atoms with Crippen LogP contribution in [0.1, 0.15) is 12.8 Å². The summed E-state index contributed by atoms with van der Waals surface area (Å²) in [6.45, 7) is 2.72.